The van der Waals surface area contributed by atoms with Crippen molar-refractivity contribution >= 4 is 11.6 Å². The zero-order valence-corrected chi connectivity index (χ0v) is 18.1. The van der Waals surface area contributed by atoms with Crippen molar-refractivity contribution < 1.29 is 26.7 Å². The molecule has 0 spiro atoms. The summed E-state index contributed by atoms with van der Waals surface area (Å²) < 4.78 is 69.6. The van der Waals surface area contributed by atoms with Crippen LogP contribution < -0.4 is 5.32 Å². The van der Waals surface area contributed by atoms with Gasteiger partial charge in [0.15, 0.2) is 23.3 Å². The summed E-state index contributed by atoms with van der Waals surface area (Å²) in [6.07, 6.45) is 0. The van der Waals surface area contributed by atoms with Crippen LogP contribution in [0.4, 0.5) is 27.6 Å². The number of aromatic nitrogens is 2. The average molecular weight is 471 g/mol. The molecular formula is C25H18F5N3O. The average Bonchev–Trinajstić information content (AvgIpc) is 3.12. The monoisotopic (exact) mass is 471 g/mol. The molecule has 0 radical (unpaired) electrons. The minimum Gasteiger partial charge on any atom is -0.319 e. The van der Waals surface area contributed by atoms with Crippen molar-refractivity contribution in [2.75, 3.05) is 5.32 Å². The summed E-state index contributed by atoms with van der Waals surface area (Å²) in [5, 5.41) is 6.80. The normalized spacial score (nSPS) is 11.0. The van der Waals surface area contributed by atoms with Gasteiger partial charge in [-0.3, -0.25) is 9.48 Å². The highest BCUT2D eigenvalue weighted by Gasteiger charge is 2.27. The Morgan fingerprint density at radius 2 is 1.32 bits per heavy atom. The fourth-order valence-electron chi connectivity index (χ4n) is 3.60. The zero-order chi connectivity index (χ0) is 24.6. The number of hydrogen-bond donors (Lipinski definition) is 1. The Kier molecular flexibility index (Phi) is 6.19. The van der Waals surface area contributed by atoms with Crippen LogP contribution in [0, 0.1) is 42.9 Å². The molecule has 4 rings (SSSR count). The number of rotatable bonds is 5. The standard InChI is InChI=1S/C25H18F5N3O/c1-13-24(31-25(34)17-10-8-16(9-11-17)15-6-4-3-5-7-15)14(2)33(32-13)12-18-19(26)21(28)23(30)22(29)20(18)27/h3-11H,12H2,1-2H3,(H,31,34). The maximum absolute atomic E-state index is 14.1. The number of benzene rings is 3. The molecule has 0 saturated carbocycles. The van der Waals surface area contributed by atoms with Crippen LogP contribution in [0.25, 0.3) is 11.1 Å². The number of aryl methyl sites for hydroxylation is 1. The number of hydrogen-bond acceptors (Lipinski definition) is 2. The predicted molar refractivity (Wildman–Crippen MR) is 117 cm³/mol. The number of carbonyl (C=O) groups excluding carboxylic acids is 1. The molecule has 1 heterocycles. The number of anilines is 1. The number of nitrogens with one attached hydrogen (secondary N) is 1. The quantitative estimate of drug-likeness (QED) is 0.215. The van der Waals surface area contributed by atoms with E-state index in [1.165, 1.54) is 6.92 Å². The smallest absolute Gasteiger partial charge is 0.255 e. The lowest BCUT2D eigenvalue weighted by Crippen LogP contribution is -2.14. The molecule has 0 fully saturated rings. The van der Waals surface area contributed by atoms with E-state index in [9.17, 15) is 26.7 Å². The molecule has 0 aliphatic carbocycles. The molecule has 1 amide bonds. The van der Waals surface area contributed by atoms with Crippen molar-refractivity contribution in [1.29, 1.82) is 0 Å². The second-order valence-corrected chi connectivity index (χ2v) is 7.65. The van der Waals surface area contributed by atoms with Gasteiger partial charge in [-0.05, 0) is 37.1 Å². The molecule has 174 valence electrons. The van der Waals surface area contributed by atoms with Crippen molar-refractivity contribution in [3.05, 3.63) is 106 Å². The fraction of sp³-hybridized carbons (Fsp3) is 0.120. The molecule has 0 aliphatic rings. The van der Waals surface area contributed by atoms with E-state index in [-0.39, 0.29) is 11.4 Å². The highest BCUT2D eigenvalue weighted by molar-refractivity contribution is 6.05. The van der Waals surface area contributed by atoms with E-state index in [2.05, 4.69) is 10.4 Å². The van der Waals surface area contributed by atoms with Crippen LogP contribution in [-0.2, 0) is 6.54 Å². The Hall–Kier alpha value is -4.01. The minimum absolute atomic E-state index is 0.279. The van der Waals surface area contributed by atoms with Crippen LogP contribution in [0.3, 0.4) is 0 Å². The first kappa shape index (κ1) is 23.2. The summed E-state index contributed by atoms with van der Waals surface area (Å²) in [5.41, 5.74) is 2.16. The first-order valence-electron chi connectivity index (χ1n) is 10.2. The van der Waals surface area contributed by atoms with E-state index in [4.69, 9.17) is 0 Å². The molecule has 0 saturated heterocycles. The Morgan fingerprint density at radius 1 is 0.794 bits per heavy atom. The Bertz CT molecular complexity index is 1350. The highest BCUT2D eigenvalue weighted by Crippen LogP contribution is 2.27. The van der Waals surface area contributed by atoms with Gasteiger partial charge in [0.2, 0.25) is 5.82 Å². The highest BCUT2D eigenvalue weighted by atomic mass is 19.2. The van der Waals surface area contributed by atoms with Crippen molar-refractivity contribution in [3.8, 4) is 11.1 Å². The molecule has 0 unspecified atom stereocenters. The van der Waals surface area contributed by atoms with Crippen LogP contribution in [0.15, 0.2) is 54.6 Å². The summed E-state index contributed by atoms with van der Waals surface area (Å²) in [6.45, 7) is 2.36. The molecule has 34 heavy (non-hydrogen) atoms. The topological polar surface area (TPSA) is 46.9 Å². The Balaban J connectivity index is 1.57. The van der Waals surface area contributed by atoms with Gasteiger partial charge in [-0.2, -0.15) is 5.10 Å². The molecule has 1 aromatic heterocycles. The molecule has 4 aromatic rings. The maximum Gasteiger partial charge on any atom is 0.255 e. The number of nitrogens with zero attached hydrogens (tertiary/aromatic N) is 2. The van der Waals surface area contributed by atoms with Crippen molar-refractivity contribution in [3.63, 3.8) is 0 Å². The second kappa shape index (κ2) is 9.09. The second-order valence-electron chi connectivity index (χ2n) is 7.65. The third-order valence-corrected chi connectivity index (χ3v) is 5.48. The van der Waals surface area contributed by atoms with Crippen molar-refractivity contribution in [1.82, 2.24) is 9.78 Å². The molecule has 0 atom stereocenters. The first-order valence-corrected chi connectivity index (χ1v) is 10.2. The lowest BCUT2D eigenvalue weighted by molar-refractivity contribution is 0.102. The van der Waals surface area contributed by atoms with Gasteiger partial charge >= 0.3 is 0 Å². The van der Waals surface area contributed by atoms with Gasteiger partial charge in [-0.15, -0.1) is 0 Å². The third kappa shape index (κ3) is 4.16. The van der Waals surface area contributed by atoms with Gasteiger partial charge in [0.1, 0.15) is 0 Å². The summed E-state index contributed by atoms with van der Waals surface area (Å²) in [4.78, 5) is 12.8. The Morgan fingerprint density at radius 3 is 1.91 bits per heavy atom. The lowest BCUT2D eigenvalue weighted by atomic mass is 10.0. The van der Waals surface area contributed by atoms with Crippen LogP contribution in [0.1, 0.15) is 27.3 Å². The van der Waals surface area contributed by atoms with E-state index in [1.54, 1.807) is 31.2 Å². The number of halogens is 5. The fourth-order valence-corrected chi connectivity index (χ4v) is 3.60. The van der Waals surface area contributed by atoms with Crippen LogP contribution in [-0.4, -0.2) is 15.7 Å². The predicted octanol–water partition coefficient (Wildman–Crippen LogP) is 6.16. The van der Waals surface area contributed by atoms with E-state index < -0.39 is 47.1 Å². The summed E-state index contributed by atoms with van der Waals surface area (Å²) in [7, 11) is 0. The molecule has 0 bridgehead atoms. The molecule has 4 nitrogen and oxygen atoms in total. The SMILES string of the molecule is Cc1nn(Cc2c(F)c(F)c(F)c(F)c2F)c(C)c1NC(=O)c1ccc(-c2ccccc2)cc1. The molecule has 0 aliphatic heterocycles. The van der Waals surface area contributed by atoms with Gasteiger partial charge in [-0.25, -0.2) is 22.0 Å². The minimum atomic E-state index is -2.22. The van der Waals surface area contributed by atoms with Crippen molar-refractivity contribution in [2.24, 2.45) is 0 Å². The van der Waals surface area contributed by atoms with E-state index >= 15 is 0 Å². The van der Waals surface area contributed by atoms with E-state index in [0.717, 1.165) is 15.8 Å². The maximum atomic E-state index is 14.1. The van der Waals surface area contributed by atoms with Gasteiger partial charge in [0, 0.05) is 5.56 Å². The molecule has 9 heteroatoms. The summed E-state index contributed by atoms with van der Waals surface area (Å²) in [5.74, 6) is -10.6. The number of amides is 1. The first-order chi connectivity index (χ1) is 16.2. The van der Waals surface area contributed by atoms with Gasteiger partial charge in [-0.1, -0.05) is 42.5 Å². The molecular weight excluding hydrogens is 453 g/mol. The summed E-state index contributed by atoms with van der Waals surface area (Å²) >= 11 is 0. The largest absolute Gasteiger partial charge is 0.319 e. The molecule has 3 aromatic carbocycles. The van der Waals surface area contributed by atoms with Gasteiger partial charge in [0.05, 0.1) is 29.2 Å². The van der Waals surface area contributed by atoms with Crippen LogP contribution in [0.2, 0.25) is 0 Å². The van der Waals surface area contributed by atoms with Gasteiger partial charge in [0.25, 0.3) is 5.91 Å². The van der Waals surface area contributed by atoms with Gasteiger partial charge < -0.3 is 5.32 Å². The van der Waals surface area contributed by atoms with Crippen LogP contribution >= 0.6 is 0 Å². The zero-order valence-electron chi connectivity index (χ0n) is 18.1. The summed E-state index contributed by atoms with van der Waals surface area (Å²) in [6, 6.07) is 16.5. The number of carbonyl (C=O) groups is 1. The van der Waals surface area contributed by atoms with Crippen molar-refractivity contribution in [2.45, 2.75) is 20.4 Å². The van der Waals surface area contributed by atoms with E-state index in [0.29, 0.717) is 11.3 Å². The third-order valence-electron chi connectivity index (χ3n) is 5.48. The molecule has 1 N–H and O–H groups in total. The van der Waals surface area contributed by atoms with E-state index in [1.807, 2.05) is 30.3 Å². The lowest BCUT2D eigenvalue weighted by Gasteiger charge is -2.10. The Labute approximate surface area is 191 Å². The van der Waals surface area contributed by atoms with Crippen LogP contribution in [0.5, 0.6) is 0 Å².